The number of hydrogen-bond donors (Lipinski definition) is 1. The lowest BCUT2D eigenvalue weighted by Gasteiger charge is -2.13. The van der Waals surface area contributed by atoms with Crippen molar-refractivity contribution in [3.05, 3.63) is 46.9 Å². The Kier molecular flexibility index (Phi) is 2.98. The topological polar surface area (TPSA) is 42.2 Å². The molecule has 0 aromatic carbocycles. The maximum absolute atomic E-state index is 4.50. The van der Waals surface area contributed by atoms with Crippen LogP contribution in [0.1, 0.15) is 12.5 Å². The summed E-state index contributed by atoms with van der Waals surface area (Å²) in [5.41, 5.74) is 2.23. The van der Waals surface area contributed by atoms with Crippen LogP contribution >= 0.6 is 11.3 Å². The number of nitrogens with zero attached hydrogens (tertiary/aromatic N) is 3. The molecule has 0 fully saturated rings. The summed E-state index contributed by atoms with van der Waals surface area (Å²) < 4.78 is 1.76. The molecule has 0 aliphatic rings. The Morgan fingerprint density at radius 3 is 3.17 bits per heavy atom. The summed E-state index contributed by atoms with van der Waals surface area (Å²) in [6.07, 6.45) is 4.68. The second-order valence-electron chi connectivity index (χ2n) is 4.33. The van der Waals surface area contributed by atoms with Gasteiger partial charge in [0.15, 0.2) is 5.65 Å². The molecule has 0 saturated carbocycles. The number of aromatic nitrogens is 3. The van der Waals surface area contributed by atoms with Gasteiger partial charge in [0.2, 0.25) is 0 Å². The Balaban J connectivity index is 1.71. The third-order valence-electron chi connectivity index (χ3n) is 2.77. The van der Waals surface area contributed by atoms with E-state index in [-0.39, 0.29) is 0 Å². The highest BCUT2D eigenvalue weighted by atomic mass is 32.1. The van der Waals surface area contributed by atoms with E-state index in [4.69, 9.17) is 0 Å². The van der Waals surface area contributed by atoms with Gasteiger partial charge in [0.1, 0.15) is 5.82 Å². The summed E-state index contributed by atoms with van der Waals surface area (Å²) in [5.74, 6) is 0.894. The molecule has 0 amide bonds. The Labute approximate surface area is 109 Å². The average Bonchev–Trinajstić information content (AvgIpc) is 2.98. The van der Waals surface area contributed by atoms with Crippen molar-refractivity contribution in [3.63, 3.8) is 0 Å². The normalized spacial score (nSPS) is 12.7. The Bertz CT molecular complexity index is 629. The van der Waals surface area contributed by atoms with E-state index in [9.17, 15) is 0 Å². The molecule has 0 bridgehead atoms. The van der Waals surface area contributed by atoms with Crippen molar-refractivity contribution < 1.29 is 0 Å². The molecule has 1 N–H and O–H groups in total. The first kappa shape index (κ1) is 11.2. The first-order valence-electron chi connectivity index (χ1n) is 5.89. The minimum absolute atomic E-state index is 0.359. The zero-order chi connectivity index (χ0) is 12.4. The van der Waals surface area contributed by atoms with E-state index < -0.39 is 0 Å². The summed E-state index contributed by atoms with van der Waals surface area (Å²) in [6, 6.07) is 6.37. The third-order valence-corrected chi connectivity index (χ3v) is 3.51. The van der Waals surface area contributed by atoms with E-state index in [1.54, 1.807) is 22.0 Å². The monoisotopic (exact) mass is 258 g/mol. The molecule has 3 aromatic rings. The third kappa shape index (κ3) is 2.36. The highest BCUT2D eigenvalue weighted by Crippen LogP contribution is 2.12. The zero-order valence-electron chi connectivity index (χ0n) is 10.1. The van der Waals surface area contributed by atoms with Crippen LogP contribution in [0.5, 0.6) is 0 Å². The highest BCUT2D eigenvalue weighted by Gasteiger charge is 2.05. The van der Waals surface area contributed by atoms with Gasteiger partial charge in [-0.1, -0.05) is 0 Å². The van der Waals surface area contributed by atoms with Crippen molar-refractivity contribution in [2.24, 2.45) is 0 Å². The molecule has 0 radical (unpaired) electrons. The van der Waals surface area contributed by atoms with Crippen LogP contribution in [0.15, 0.2) is 41.4 Å². The molecule has 0 aliphatic carbocycles. The van der Waals surface area contributed by atoms with Crippen LogP contribution in [0, 0.1) is 0 Å². The van der Waals surface area contributed by atoms with Crippen LogP contribution in [0.3, 0.4) is 0 Å². The largest absolute Gasteiger partial charge is 0.367 e. The van der Waals surface area contributed by atoms with Gasteiger partial charge in [-0.05, 0) is 41.8 Å². The van der Waals surface area contributed by atoms with Crippen molar-refractivity contribution in [3.8, 4) is 0 Å². The van der Waals surface area contributed by atoms with Crippen LogP contribution in [-0.2, 0) is 6.42 Å². The Morgan fingerprint density at radius 1 is 1.39 bits per heavy atom. The van der Waals surface area contributed by atoms with E-state index >= 15 is 0 Å². The predicted octanol–water partition coefficient (Wildman–Crippen LogP) is 2.83. The maximum atomic E-state index is 4.50. The van der Waals surface area contributed by atoms with Gasteiger partial charge in [-0.2, -0.15) is 16.4 Å². The number of thiophene rings is 1. The number of fused-ring (bicyclic) bond motifs is 1. The Hall–Kier alpha value is -1.88. The fraction of sp³-hybridized carbons (Fsp3) is 0.231. The van der Waals surface area contributed by atoms with Gasteiger partial charge in [-0.25, -0.2) is 9.50 Å². The first-order valence-corrected chi connectivity index (χ1v) is 6.83. The van der Waals surface area contributed by atoms with Gasteiger partial charge in [0.05, 0.1) is 6.20 Å². The molecule has 5 heteroatoms. The van der Waals surface area contributed by atoms with Crippen molar-refractivity contribution >= 4 is 22.8 Å². The fourth-order valence-corrected chi connectivity index (χ4v) is 2.64. The lowest BCUT2D eigenvalue weighted by atomic mass is 10.1. The molecule has 3 aromatic heterocycles. The molecule has 1 atom stereocenters. The van der Waals surface area contributed by atoms with Crippen LogP contribution in [0.4, 0.5) is 5.82 Å². The summed E-state index contributed by atoms with van der Waals surface area (Å²) in [6.45, 7) is 2.17. The van der Waals surface area contributed by atoms with Crippen molar-refractivity contribution in [1.29, 1.82) is 0 Å². The van der Waals surface area contributed by atoms with E-state index in [0.717, 1.165) is 17.9 Å². The quantitative estimate of drug-likeness (QED) is 0.782. The molecule has 18 heavy (non-hydrogen) atoms. The molecular formula is C13H14N4S. The van der Waals surface area contributed by atoms with E-state index in [0.29, 0.717) is 6.04 Å². The van der Waals surface area contributed by atoms with Gasteiger partial charge in [0.25, 0.3) is 0 Å². The van der Waals surface area contributed by atoms with E-state index in [1.807, 2.05) is 18.3 Å². The smallest absolute Gasteiger partial charge is 0.157 e. The molecule has 3 rings (SSSR count). The van der Waals surface area contributed by atoms with Crippen LogP contribution in [-0.4, -0.2) is 20.6 Å². The van der Waals surface area contributed by atoms with Gasteiger partial charge in [0, 0.05) is 18.3 Å². The van der Waals surface area contributed by atoms with Crippen molar-refractivity contribution in [1.82, 2.24) is 14.6 Å². The number of rotatable bonds is 4. The number of nitrogens with one attached hydrogen (secondary N) is 1. The van der Waals surface area contributed by atoms with E-state index in [1.165, 1.54) is 5.56 Å². The lowest BCUT2D eigenvalue weighted by molar-refractivity contribution is 0.785. The maximum Gasteiger partial charge on any atom is 0.157 e. The lowest BCUT2D eigenvalue weighted by Crippen LogP contribution is -2.18. The van der Waals surface area contributed by atoms with Gasteiger partial charge in [-0.3, -0.25) is 0 Å². The highest BCUT2D eigenvalue weighted by molar-refractivity contribution is 7.07. The first-order chi connectivity index (χ1) is 8.81. The van der Waals surface area contributed by atoms with Gasteiger partial charge in [-0.15, -0.1) is 0 Å². The standard InChI is InChI=1S/C13H14N4S/c1-10(8-11-4-7-18-9-11)15-12-3-6-17-13(16-12)2-5-14-17/h2-7,9-10H,8H2,1H3,(H,15,16). The average molecular weight is 258 g/mol. The SMILES string of the molecule is CC(Cc1ccsc1)Nc1ccn2nccc2n1. The fourth-order valence-electron chi connectivity index (χ4n) is 1.96. The summed E-state index contributed by atoms with van der Waals surface area (Å²) in [7, 11) is 0. The minimum Gasteiger partial charge on any atom is -0.367 e. The molecule has 92 valence electrons. The molecule has 0 aliphatic heterocycles. The molecule has 1 unspecified atom stereocenters. The van der Waals surface area contributed by atoms with Gasteiger partial charge < -0.3 is 5.32 Å². The molecule has 3 heterocycles. The molecule has 0 saturated heterocycles. The number of hydrogen-bond acceptors (Lipinski definition) is 4. The summed E-state index contributed by atoms with van der Waals surface area (Å²) in [4.78, 5) is 4.50. The second-order valence-corrected chi connectivity index (χ2v) is 5.11. The van der Waals surface area contributed by atoms with Crippen molar-refractivity contribution in [2.45, 2.75) is 19.4 Å². The van der Waals surface area contributed by atoms with Crippen LogP contribution < -0.4 is 5.32 Å². The summed E-state index contributed by atoms with van der Waals surface area (Å²) >= 11 is 1.74. The second kappa shape index (κ2) is 4.78. The van der Waals surface area contributed by atoms with Crippen molar-refractivity contribution in [2.75, 3.05) is 5.32 Å². The number of anilines is 1. The van der Waals surface area contributed by atoms with Crippen LogP contribution in [0.2, 0.25) is 0 Å². The molecular weight excluding hydrogens is 244 g/mol. The van der Waals surface area contributed by atoms with Crippen LogP contribution in [0.25, 0.3) is 5.65 Å². The minimum atomic E-state index is 0.359. The molecule has 0 spiro atoms. The van der Waals surface area contributed by atoms with E-state index in [2.05, 4.69) is 39.1 Å². The zero-order valence-corrected chi connectivity index (χ0v) is 10.9. The Morgan fingerprint density at radius 2 is 2.33 bits per heavy atom. The predicted molar refractivity (Wildman–Crippen MR) is 74.1 cm³/mol. The molecule has 4 nitrogen and oxygen atoms in total. The summed E-state index contributed by atoms with van der Waals surface area (Å²) in [5, 5.41) is 11.8. The van der Waals surface area contributed by atoms with Gasteiger partial charge >= 0.3 is 0 Å².